The lowest BCUT2D eigenvalue weighted by molar-refractivity contribution is 0.102. The zero-order valence-electron chi connectivity index (χ0n) is 11.5. The molecule has 110 valence electrons. The van der Waals surface area contributed by atoms with E-state index in [1.807, 2.05) is 0 Å². The second-order valence-corrected chi connectivity index (χ2v) is 5.19. The van der Waals surface area contributed by atoms with Crippen LogP contribution in [0.15, 0.2) is 36.7 Å². The molecular formula is C15H15Cl2N3O. The summed E-state index contributed by atoms with van der Waals surface area (Å²) in [6, 6.07) is 6.85. The molecule has 0 fully saturated rings. The second kappa shape index (κ2) is 7.29. The Morgan fingerprint density at radius 2 is 2.05 bits per heavy atom. The number of pyridine rings is 1. The van der Waals surface area contributed by atoms with Crippen molar-refractivity contribution in [2.45, 2.75) is 13.3 Å². The van der Waals surface area contributed by atoms with Crippen molar-refractivity contribution in [1.29, 1.82) is 0 Å². The molecule has 1 heterocycles. The number of hydrogen-bond acceptors (Lipinski definition) is 3. The second-order valence-electron chi connectivity index (χ2n) is 4.40. The molecule has 0 spiro atoms. The summed E-state index contributed by atoms with van der Waals surface area (Å²) in [6.07, 6.45) is 4.12. The number of nitrogens with one attached hydrogen (secondary N) is 2. The highest BCUT2D eigenvalue weighted by Gasteiger charge is 2.14. The SMILES string of the molecule is CCCNc1ccncc1C(=O)Nc1cccc(Cl)c1Cl. The van der Waals surface area contributed by atoms with Crippen molar-refractivity contribution in [3.8, 4) is 0 Å². The number of anilines is 2. The highest BCUT2D eigenvalue weighted by molar-refractivity contribution is 6.44. The Balaban J connectivity index is 2.22. The molecule has 21 heavy (non-hydrogen) atoms. The van der Waals surface area contributed by atoms with Crippen molar-refractivity contribution in [3.63, 3.8) is 0 Å². The number of rotatable bonds is 5. The minimum atomic E-state index is -0.286. The zero-order chi connectivity index (χ0) is 15.2. The van der Waals surface area contributed by atoms with Gasteiger partial charge in [0.2, 0.25) is 0 Å². The Morgan fingerprint density at radius 3 is 2.81 bits per heavy atom. The lowest BCUT2D eigenvalue weighted by atomic mass is 10.2. The Kier molecular flexibility index (Phi) is 5.42. The number of aromatic nitrogens is 1. The van der Waals surface area contributed by atoms with Crippen molar-refractivity contribution in [2.75, 3.05) is 17.2 Å². The minimum absolute atomic E-state index is 0.286. The van der Waals surface area contributed by atoms with Crippen LogP contribution in [0.4, 0.5) is 11.4 Å². The molecular weight excluding hydrogens is 309 g/mol. The van der Waals surface area contributed by atoms with Crippen LogP contribution < -0.4 is 10.6 Å². The van der Waals surface area contributed by atoms with Gasteiger partial charge in [0, 0.05) is 18.9 Å². The fourth-order valence-electron chi connectivity index (χ4n) is 1.78. The van der Waals surface area contributed by atoms with Gasteiger partial charge in [-0.25, -0.2) is 0 Å². The van der Waals surface area contributed by atoms with Gasteiger partial charge >= 0.3 is 0 Å². The van der Waals surface area contributed by atoms with Crippen LogP contribution in [0.1, 0.15) is 23.7 Å². The third-order valence-electron chi connectivity index (χ3n) is 2.83. The van der Waals surface area contributed by atoms with E-state index in [1.54, 1.807) is 30.5 Å². The topological polar surface area (TPSA) is 54.0 Å². The molecule has 0 bridgehead atoms. The molecule has 1 amide bonds. The van der Waals surface area contributed by atoms with Crippen molar-refractivity contribution < 1.29 is 4.79 Å². The van der Waals surface area contributed by atoms with Gasteiger partial charge in [0.15, 0.2) is 0 Å². The summed E-state index contributed by atoms with van der Waals surface area (Å²) in [7, 11) is 0. The molecule has 0 saturated heterocycles. The summed E-state index contributed by atoms with van der Waals surface area (Å²) in [5.74, 6) is -0.286. The first-order valence-corrected chi connectivity index (χ1v) is 7.32. The largest absolute Gasteiger partial charge is 0.384 e. The average molecular weight is 324 g/mol. The molecule has 6 heteroatoms. The van der Waals surface area contributed by atoms with E-state index >= 15 is 0 Å². The van der Waals surface area contributed by atoms with E-state index in [0.717, 1.165) is 18.7 Å². The van der Waals surface area contributed by atoms with E-state index in [9.17, 15) is 4.79 Å². The molecule has 1 aromatic heterocycles. The van der Waals surface area contributed by atoms with Crippen LogP contribution in [0.3, 0.4) is 0 Å². The first-order chi connectivity index (χ1) is 10.1. The Hall–Kier alpha value is -1.78. The maximum atomic E-state index is 12.4. The average Bonchev–Trinajstić information content (AvgIpc) is 2.50. The first-order valence-electron chi connectivity index (χ1n) is 6.56. The van der Waals surface area contributed by atoms with Crippen LogP contribution in [0.25, 0.3) is 0 Å². The van der Waals surface area contributed by atoms with Gasteiger partial charge in [0.25, 0.3) is 5.91 Å². The van der Waals surface area contributed by atoms with Crippen molar-refractivity contribution in [1.82, 2.24) is 4.98 Å². The smallest absolute Gasteiger partial charge is 0.259 e. The van der Waals surface area contributed by atoms with Gasteiger partial charge in [-0.05, 0) is 24.6 Å². The summed E-state index contributed by atoms with van der Waals surface area (Å²) in [5, 5.41) is 6.66. The third kappa shape index (κ3) is 3.86. The third-order valence-corrected chi connectivity index (χ3v) is 3.65. The normalized spacial score (nSPS) is 10.2. The highest BCUT2D eigenvalue weighted by atomic mass is 35.5. The molecule has 0 aliphatic carbocycles. The van der Waals surface area contributed by atoms with Crippen molar-refractivity contribution >= 4 is 40.5 Å². The van der Waals surface area contributed by atoms with E-state index < -0.39 is 0 Å². The predicted molar refractivity (Wildman–Crippen MR) is 87.4 cm³/mol. The number of carbonyl (C=O) groups excluding carboxylic acids is 1. The number of nitrogens with zero attached hydrogens (tertiary/aromatic N) is 1. The fourth-order valence-corrected chi connectivity index (χ4v) is 2.13. The van der Waals surface area contributed by atoms with Gasteiger partial charge in [-0.2, -0.15) is 0 Å². The highest BCUT2D eigenvalue weighted by Crippen LogP contribution is 2.30. The summed E-state index contributed by atoms with van der Waals surface area (Å²) in [5.41, 5.74) is 1.67. The number of benzene rings is 1. The van der Waals surface area contributed by atoms with Gasteiger partial charge < -0.3 is 10.6 Å². The Morgan fingerprint density at radius 1 is 1.24 bits per heavy atom. The standard InChI is InChI=1S/C15H15Cl2N3O/c1-2-7-19-12-6-8-18-9-10(12)15(21)20-13-5-3-4-11(16)14(13)17/h3-6,8-9H,2,7H2,1H3,(H,18,19)(H,20,21). The lowest BCUT2D eigenvalue weighted by Gasteiger charge is -2.12. The van der Waals surface area contributed by atoms with E-state index in [2.05, 4.69) is 22.5 Å². The maximum absolute atomic E-state index is 12.4. The fraction of sp³-hybridized carbons (Fsp3) is 0.200. The first kappa shape index (κ1) is 15.6. The van der Waals surface area contributed by atoms with Gasteiger partial charge in [-0.1, -0.05) is 36.2 Å². The summed E-state index contributed by atoms with van der Waals surface area (Å²) in [6.45, 7) is 2.84. The molecule has 0 aliphatic heterocycles. The van der Waals surface area contributed by atoms with E-state index in [1.165, 1.54) is 6.20 Å². The molecule has 2 N–H and O–H groups in total. The van der Waals surface area contributed by atoms with Gasteiger partial charge in [-0.3, -0.25) is 9.78 Å². The van der Waals surface area contributed by atoms with Crippen LogP contribution in [0.2, 0.25) is 10.0 Å². The lowest BCUT2D eigenvalue weighted by Crippen LogP contribution is -2.15. The number of carbonyl (C=O) groups is 1. The molecule has 0 radical (unpaired) electrons. The van der Waals surface area contributed by atoms with Crippen LogP contribution in [0.5, 0.6) is 0 Å². The molecule has 2 rings (SSSR count). The molecule has 0 unspecified atom stereocenters. The van der Waals surface area contributed by atoms with Crippen LogP contribution in [0, 0.1) is 0 Å². The zero-order valence-corrected chi connectivity index (χ0v) is 13.0. The van der Waals surface area contributed by atoms with Crippen LogP contribution in [-0.2, 0) is 0 Å². The van der Waals surface area contributed by atoms with E-state index in [4.69, 9.17) is 23.2 Å². The molecule has 0 saturated carbocycles. The molecule has 1 aromatic carbocycles. The van der Waals surface area contributed by atoms with E-state index in [0.29, 0.717) is 21.3 Å². The van der Waals surface area contributed by atoms with E-state index in [-0.39, 0.29) is 5.91 Å². The number of halogens is 2. The Bertz CT molecular complexity index is 647. The van der Waals surface area contributed by atoms with Crippen molar-refractivity contribution in [2.24, 2.45) is 0 Å². The predicted octanol–water partition coefficient (Wildman–Crippen LogP) is 4.46. The molecule has 0 aliphatic rings. The molecule has 2 aromatic rings. The van der Waals surface area contributed by atoms with Crippen molar-refractivity contribution in [3.05, 3.63) is 52.3 Å². The maximum Gasteiger partial charge on any atom is 0.259 e. The molecule has 4 nitrogen and oxygen atoms in total. The summed E-state index contributed by atoms with van der Waals surface area (Å²) >= 11 is 12.0. The summed E-state index contributed by atoms with van der Waals surface area (Å²) in [4.78, 5) is 16.4. The quantitative estimate of drug-likeness (QED) is 0.853. The Labute approximate surface area is 133 Å². The molecule has 0 atom stereocenters. The van der Waals surface area contributed by atoms with Crippen LogP contribution >= 0.6 is 23.2 Å². The van der Waals surface area contributed by atoms with Gasteiger partial charge in [-0.15, -0.1) is 0 Å². The monoisotopic (exact) mass is 323 g/mol. The minimum Gasteiger partial charge on any atom is -0.384 e. The van der Waals surface area contributed by atoms with Gasteiger partial charge in [0.1, 0.15) is 0 Å². The van der Waals surface area contributed by atoms with Crippen LogP contribution in [-0.4, -0.2) is 17.4 Å². The van der Waals surface area contributed by atoms with Gasteiger partial charge in [0.05, 0.1) is 27.0 Å². The number of hydrogen-bond donors (Lipinski definition) is 2. The number of amides is 1. The summed E-state index contributed by atoms with van der Waals surface area (Å²) < 4.78 is 0.